The van der Waals surface area contributed by atoms with Gasteiger partial charge in [-0.25, -0.2) is 0 Å². The highest BCUT2D eigenvalue weighted by molar-refractivity contribution is 9.10. The minimum Gasteiger partial charge on any atom is -0.494 e. The highest BCUT2D eigenvalue weighted by Gasteiger charge is 2.24. The maximum atomic E-state index is 12.5. The third kappa shape index (κ3) is 5.61. The van der Waals surface area contributed by atoms with E-state index in [0.29, 0.717) is 56.1 Å². The van der Waals surface area contributed by atoms with Crippen molar-refractivity contribution in [1.29, 1.82) is 0 Å². The molecular weight excluding hydrogens is 424 g/mol. The van der Waals surface area contributed by atoms with Crippen LogP contribution in [-0.2, 0) is 4.79 Å². The second-order valence-electron chi connectivity index (χ2n) is 6.90. The molecule has 0 saturated carbocycles. The van der Waals surface area contributed by atoms with E-state index in [9.17, 15) is 9.59 Å². The van der Waals surface area contributed by atoms with E-state index in [4.69, 9.17) is 9.15 Å². The van der Waals surface area contributed by atoms with E-state index in [2.05, 4.69) is 15.9 Å². The van der Waals surface area contributed by atoms with Gasteiger partial charge < -0.3 is 19.0 Å². The SMILES string of the molecule is Cc1ccc(OCCCC(=O)N2CCCN(C(=O)c3ccc(Br)o3)CC2)cc1. The molecule has 2 aromatic rings. The Balaban J connectivity index is 1.41. The van der Waals surface area contributed by atoms with Crippen molar-refractivity contribution in [2.75, 3.05) is 32.8 Å². The van der Waals surface area contributed by atoms with Crippen LogP contribution >= 0.6 is 15.9 Å². The lowest BCUT2D eigenvalue weighted by molar-refractivity contribution is -0.131. The predicted molar refractivity (Wildman–Crippen MR) is 109 cm³/mol. The van der Waals surface area contributed by atoms with Gasteiger partial charge in [0.1, 0.15) is 5.75 Å². The molecule has 2 heterocycles. The molecule has 0 atom stereocenters. The second kappa shape index (κ2) is 9.78. The standard InChI is InChI=1S/C21H25BrN2O4/c1-16-5-7-17(8-6-16)27-15-2-4-20(25)23-11-3-12-24(14-13-23)21(26)18-9-10-19(22)28-18/h5-10H,2-4,11-15H2,1H3. The number of aryl methyl sites for hydroxylation is 1. The minimum atomic E-state index is -0.133. The largest absolute Gasteiger partial charge is 0.494 e. The lowest BCUT2D eigenvalue weighted by atomic mass is 10.2. The van der Waals surface area contributed by atoms with Crippen LogP contribution < -0.4 is 4.74 Å². The van der Waals surface area contributed by atoms with Crippen LogP contribution in [0.2, 0.25) is 0 Å². The maximum absolute atomic E-state index is 12.5. The molecule has 1 aliphatic heterocycles. The smallest absolute Gasteiger partial charge is 0.289 e. The van der Waals surface area contributed by atoms with Crippen LogP contribution in [0.1, 0.15) is 35.4 Å². The van der Waals surface area contributed by atoms with Crippen molar-refractivity contribution in [3.05, 3.63) is 52.4 Å². The number of ether oxygens (including phenoxy) is 1. The van der Waals surface area contributed by atoms with Gasteiger partial charge in [-0.15, -0.1) is 0 Å². The topological polar surface area (TPSA) is 63.0 Å². The van der Waals surface area contributed by atoms with Crippen molar-refractivity contribution in [2.24, 2.45) is 0 Å². The highest BCUT2D eigenvalue weighted by atomic mass is 79.9. The van der Waals surface area contributed by atoms with Gasteiger partial charge in [0, 0.05) is 32.6 Å². The lowest BCUT2D eigenvalue weighted by Gasteiger charge is -2.21. The average Bonchev–Trinajstić information content (AvgIpc) is 2.98. The number of halogens is 1. The summed E-state index contributed by atoms with van der Waals surface area (Å²) in [6, 6.07) is 11.3. The van der Waals surface area contributed by atoms with E-state index in [0.717, 1.165) is 12.2 Å². The highest BCUT2D eigenvalue weighted by Crippen LogP contribution is 2.17. The van der Waals surface area contributed by atoms with E-state index in [1.807, 2.05) is 36.1 Å². The summed E-state index contributed by atoms with van der Waals surface area (Å²) in [7, 11) is 0. The summed E-state index contributed by atoms with van der Waals surface area (Å²) in [5.41, 5.74) is 1.19. The first-order chi connectivity index (χ1) is 13.5. The normalized spacial score (nSPS) is 14.6. The quantitative estimate of drug-likeness (QED) is 0.628. The third-order valence-corrected chi connectivity index (χ3v) is 5.17. The van der Waals surface area contributed by atoms with Crippen LogP contribution in [0, 0.1) is 6.92 Å². The molecule has 0 N–H and O–H groups in total. The first-order valence-electron chi connectivity index (χ1n) is 9.55. The maximum Gasteiger partial charge on any atom is 0.289 e. The Bertz CT molecular complexity index is 803. The van der Waals surface area contributed by atoms with Gasteiger partial charge in [-0.3, -0.25) is 9.59 Å². The number of carbonyl (C=O) groups is 2. The van der Waals surface area contributed by atoms with Crippen molar-refractivity contribution >= 4 is 27.7 Å². The summed E-state index contributed by atoms with van der Waals surface area (Å²) in [5.74, 6) is 1.13. The fourth-order valence-electron chi connectivity index (χ4n) is 3.16. The van der Waals surface area contributed by atoms with E-state index >= 15 is 0 Å². The van der Waals surface area contributed by atoms with Gasteiger partial charge in [0.05, 0.1) is 6.61 Å². The van der Waals surface area contributed by atoms with E-state index in [1.165, 1.54) is 5.56 Å². The van der Waals surface area contributed by atoms with E-state index in [-0.39, 0.29) is 11.8 Å². The molecule has 1 aromatic heterocycles. The molecule has 1 saturated heterocycles. The van der Waals surface area contributed by atoms with E-state index in [1.54, 1.807) is 17.0 Å². The van der Waals surface area contributed by atoms with Gasteiger partial charge >= 0.3 is 0 Å². The number of rotatable bonds is 6. The number of hydrogen-bond donors (Lipinski definition) is 0. The number of furan rings is 1. The zero-order valence-electron chi connectivity index (χ0n) is 16.0. The summed E-state index contributed by atoms with van der Waals surface area (Å²) in [4.78, 5) is 28.6. The predicted octanol–water partition coefficient (Wildman–Crippen LogP) is 3.88. The minimum absolute atomic E-state index is 0.113. The molecule has 0 unspecified atom stereocenters. The number of hydrogen-bond acceptors (Lipinski definition) is 4. The van der Waals surface area contributed by atoms with Crippen LogP contribution in [0.3, 0.4) is 0 Å². The molecule has 0 radical (unpaired) electrons. The summed E-state index contributed by atoms with van der Waals surface area (Å²) >= 11 is 3.22. The van der Waals surface area contributed by atoms with Crippen LogP contribution in [-0.4, -0.2) is 54.4 Å². The van der Waals surface area contributed by atoms with Crippen molar-refractivity contribution in [3.8, 4) is 5.75 Å². The molecule has 6 nitrogen and oxygen atoms in total. The molecule has 7 heteroatoms. The van der Waals surface area contributed by atoms with Gasteiger partial charge in [-0.1, -0.05) is 17.7 Å². The zero-order chi connectivity index (χ0) is 19.9. The molecule has 2 amide bonds. The molecular formula is C21H25BrN2O4. The van der Waals surface area contributed by atoms with Gasteiger partial charge in [-0.05, 0) is 60.0 Å². The molecule has 150 valence electrons. The Hall–Kier alpha value is -2.28. The number of amides is 2. The summed E-state index contributed by atoms with van der Waals surface area (Å²) in [6.45, 7) is 4.90. The molecule has 28 heavy (non-hydrogen) atoms. The van der Waals surface area contributed by atoms with Gasteiger partial charge in [0.15, 0.2) is 10.4 Å². The Labute approximate surface area is 173 Å². The Morgan fingerprint density at radius 1 is 1.04 bits per heavy atom. The third-order valence-electron chi connectivity index (χ3n) is 4.74. The van der Waals surface area contributed by atoms with Crippen molar-refractivity contribution in [1.82, 2.24) is 9.80 Å². The molecule has 1 fully saturated rings. The number of benzene rings is 1. The van der Waals surface area contributed by atoms with Crippen molar-refractivity contribution < 1.29 is 18.7 Å². The zero-order valence-corrected chi connectivity index (χ0v) is 17.6. The molecule has 1 aromatic carbocycles. The van der Waals surface area contributed by atoms with Crippen LogP contribution in [0.25, 0.3) is 0 Å². The lowest BCUT2D eigenvalue weighted by Crippen LogP contribution is -2.37. The fraction of sp³-hybridized carbons (Fsp3) is 0.429. The molecule has 1 aliphatic rings. The van der Waals surface area contributed by atoms with Crippen molar-refractivity contribution in [2.45, 2.75) is 26.2 Å². The summed E-state index contributed by atoms with van der Waals surface area (Å²) in [5, 5.41) is 0. The van der Waals surface area contributed by atoms with Gasteiger partial charge in [-0.2, -0.15) is 0 Å². The monoisotopic (exact) mass is 448 g/mol. The summed E-state index contributed by atoms with van der Waals surface area (Å²) < 4.78 is 11.6. The Morgan fingerprint density at radius 3 is 2.46 bits per heavy atom. The first-order valence-corrected chi connectivity index (χ1v) is 10.3. The average molecular weight is 449 g/mol. The first kappa shape index (κ1) is 20.5. The molecule has 3 rings (SSSR count). The van der Waals surface area contributed by atoms with Gasteiger partial charge in [0.25, 0.3) is 5.91 Å². The molecule has 0 spiro atoms. The van der Waals surface area contributed by atoms with Crippen LogP contribution in [0.4, 0.5) is 0 Å². The van der Waals surface area contributed by atoms with Crippen molar-refractivity contribution in [3.63, 3.8) is 0 Å². The number of nitrogens with zero attached hydrogens (tertiary/aromatic N) is 2. The Morgan fingerprint density at radius 2 is 1.75 bits per heavy atom. The van der Waals surface area contributed by atoms with E-state index < -0.39 is 0 Å². The second-order valence-corrected chi connectivity index (χ2v) is 7.68. The van der Waals surface area contributed by atoms with Crippen LogP contribution in [0.15, 0.2) is 45.5 Å². The summed E-state index contributed by atoms with van der Waals surface area (Å²) in [6.07, 6.45) is 1.89. The molecule has 0 bridgehead atoms. The Kier molecular flexibility index (Phi) is 7.14. The van der Waals surface area contributed by atoms with Gasteiger partial charge in [0.2, 0.25) is 5.91 Å². The fourth-order valence-corrected chi connectivity index (χ4v) is 3.47. The van der Waals surface area contributed by atoms with Crippen LogP contribution in [0.5, 0.6) is 5.75 Å². The molecule has 0 aliphatic carbocycles. The number of carbonyl (C=O) groups excluding carboxylic acids is 2.